The molecule has 3 nitrogen and oxygen atoms in total. The molecule has 0 aromatic heterocycles. The molecule has 1 aromatic carbocycles. The van der Waals surface area contributed by atoms with E-state index in [4.69, 9.17) is 5.11 Å². The van der Waals surface area contributed by atoms with E-state index in [0.29, 0.717) is 6.54 Å². The average Bonchev–Trinajstić information content (AvgIpc) is 2.26. The fourth-order valence-corrected chi connectivity index (χ4v) is 1.42. The molecular formula is C13H17NO2. The number of nitrogens with one attached hydrogen (secondary N) is 1. The molecule has 16 heavy (non-hydrogen) atoms. The standard InChI is InChI=1S/C13H17NO2/c1-3-10(2)14-9-12-7-5-4-6-11(12)8-13(15)16/h3-7,10,14H,1,8-9H2,2H3,(H,15,16). The second-order valence-corrected chi connectivity index (χ2v) is 3.74. The van der Waals surface area contributed by atoms with Gasteiger partial charge >= 0.3 is 5.97 Å². The van der Waals surface area contributed by atoms with Crippen LogP contribution in [0.5, 0.6) is 0 Å². The minimum Gasteiger partial charge on any atom is -0.481 e. The van der Waals surface area contributed by atoms with Crippen LogP contribution in [0.1, 0.15) is 18.1 Å². The Morgan fingerprint density at radius 1 is 1.50 bits per heavy atom. The topological polar surface area (TPSA) is 49.3 Å². The van der Waals surface area contributed by atoms with Gasteiger partial charge < -0.3 is 10.4 Å². The van der Waals surface area contributed by atoms with E-state index < -0.39 is 5.97 Å². The third kappa shape index (κ3) is 3.87. The second-order valence-electron chi connectivity index (χ2n) is 3.74. The fraction of sp³-hybridized carbons (Fsp3) is 0.308. The van der Waals surface area contributed by atoms with Gasteiger partial charge in [-0.2, -0.15) is 0 Å². The number of aliphatic carboxylic acids is 1. The summed E-state index contributed by atoms with van der Waals surface area (Å²) in [6.45, 7) is 6.36. The SMILES string of the molecule is C=CC(C)NCc1ccccc1CC(=O)O. The van der Waals surface area contributed by atoms with Crippen molar-refractivity contribution in [2.24, 2.45) is 0 Å². The monoisotopic (exact) mass is 219 g/mol. The first-order valence-corrected chi connectivity index (χ1v) is 5.28. The molecular weight excluding hydrogens is 202 g/mol. The molecule has 1 rings (SSSR count). The highest BCUT2D eigenvalue weighted by Gasteiger charge is 2.06. The highest BCUT2D eigenvalue weighted by molar-refractivity contribution is 5.70. The average molecular weight is 219 g/mol. The van der Waals surface area contributed by atoms with E-state index in [-0.39, 0.29) is 12.5 Å². The van der Waals surface area contributed by atoms with Gasteiger partial charge in [0.25, 0.3) is 0 Å². The molecule has 0 radical (unpaired) electrons. The van der Waals surface area contributed by atoms with Crippen molar-refractivity contribution in [1.82, 2.24) is 5.32 Å². The number of benzene rings is 1. The van der Waals surface area contributed by atoms with Gasteiger partial charge in [-0.3, -0.25) is 4.79 Å². The Morgan fingerprint density at radius 3 is 2.69 bits per heavy atom. The predicted octanol–water partition coefficient (Wildman–Crippen LogP) is 1.98. The molecule has 0 bridgehead atoms. The van der Waals surface area contributed by atoms with Crippen molar-refractivity contribution in [2.75, 3.05) is 0 Å². The van der Waals surface area contributed by atoms with Crippen LogP contribution in [-0.2, 0) is 17.8 Å². The van der Waals surface area contributed by atoms with Gasteiger partial charge in [0.15, 0.2) is 0 Å². The third-order valence-electron chi connectivity index (χ3n) is 2.43. The Morgan fingerprint density at radius 2 is 2.12 bits per heavy atom. The van der Waals surface area contributed by atoms with Gasteiger partial charge in [0.05, 0.1) is 6.42 Å². The molecule has 0 spiro atoms. The molecule has 0 aliphatic rings. The molecule has 0 amide bonds. The van der Waals surface area contributed by atoms with Crippen molar-refractivity contribution in [3.63, 3.8) is 0 Å². The van der Waals surface area contributed by atoms with Crippen LogP contribution in [0.2, 0.25) is 0 Å². The molecule has 2 N–H and O–H groups in total. The smallest absolute Gasteiger partial charge is 0.307 e. The van der Waals surface area contributed by atoms with E-state index in [2.05, 4.69) is 11.9 Å². The first kappa shape index (κ1) is 12.5. The third-order valence-corrected chi connectivity index (χ3v) is 2.43. The number of hydrogen-bond acceptors (Lipinski definition) is 2. The van der Waals surface area contributed by atoms with Gasteiger partial charge in [-0.05, 0) is 18.1 Å². The molecule has 0 heterocycles. The van der Waals surface area contributed by atoms with Crippen molar-refractivity contribution < 1.29 is 9.90 Å². The largest absolute Gasteiger partial charge is 0.481 e. The maximum absolute atomic E-state index is 10.7. The van der Waals surface area contributed by atoms with Crippen LogP contribution in [0.4, 0.5) is 0 Å². The number of carboxylic acids is 1. The molecule has 0 fully saturated rings. The van der Waals surface area contributed by atoms with Gasteiger partial charge in [-0.15, -0.1) is 6.58 Å². The normalized spacial score (nSPS) is 12.1. The summed E-state index contributed by atoms with van der Waals surface area (Å²) in [4.78, 5) is 10.7. The van der Waals surface area contributed by atoms with Crippen LogP contribution in [0.3, 0.4) is 0 Å². The lowest BCUT2D eigenvalue weighted by molar-refractivity contribution is -0.136. The van der Waals surface area contributed by atoms with Crippen LogP contribution in [0.15, 0.2) is 36.9 Å². The molecule has 86 valence electrons. The lowest BCUT2D eigenvalue weighted by atomic mass is 10.0. The molecule has 3 heteroatoms. The summed E-state index contributed by atoms with van der Waals surface area (Å²) < 4.78 is 0. The van der Waals surface area contributed by atoms with Crippen molar-refractivity contribution in [1.29, 1.82) is 0 Å². The summed E-state index contributed by atoms with van der Waals surface area (Å²) in [5.41, 5.74) is 1.89. The van der Waals surface area contributed by atoms with Crippen molar-refractivity contribution in [2.45, 2.75) is 25.9 Å². The number of hydrogen-bond donors (Lipinski definition) is 2. The Hall–Kier alpha value is -1.61. The zero-order valence-corrected chi connectivity index (χ0v) is 9.44. The Kier molecular flexibility index (Phi) is 4.73. The minimum atomic E-state index is -0.802. The minimum absolute atomic E-state index is 0.0698. The van der Waals surface area contributed by atoms with Crippen LogP contribution in [0.25, 0.3) is 0 Å². The van der Waals surface area contributed by atoms with Gasteiger partial charge in [0.1, 0.15) is 0 Å². The Balaban J connectivity index is 2.70. The van der Waals surface area contributed by atoms with Crippen molar-refractivity contribution in [3.05, 3.63) is 48.0 Å². The maximum atomic E-state index is 10.7. The first-order valence-electron chi connectivity index (χ1n) is 5.28. The number of carbonyl (C=O) groups is 1. The summed E-state index contributed by atoms with van der Waals surface area (Å²) in [7, 11) is 0. The van der Waals surface area contributed by atoms with Crippen LogP contribution in [-0.4, -0.2) is 17.1 Å². The van der Waals surface area contributed by atoms with Gasteiger partial charge in [-0.1, -0.05) is 30.3 Å². The summed E-state index contributed by atoms with van der Waals surface area (Å²) in [6, 6.07) is 7.79. The Bertz CT molecular complexity index is 374. The second kappa shape index (κ2) is 6.08. The fourth-order valence-electron chi connectivity index (χ4n) is 1.42. The Labute approximate surface area is 95.8 Å². The van der Waals surface area contributed by atoms with Gasteiger partial charge in [0.2, 0.25) is 0 Å². The van der Waals surface area contributed by atoms with Crippen molar-refractivity contribution in [3.8, 4) is 0 Å². The molecule has 0 saturated carbocycles. The van der Waals surface area contributed by atoms with Crippen LogP contribution >= 0.6 is 0 Å². The molecule has 1 unspecified atom stereocenters. The summed E-state index contributed by atoms with van der Waals surface area (Å²) in [6.07, 6.45) is 1.89. The van der Waals surface area contributed by atoms with Gasteiger partial charge in [-0.25, -0.2) is 0 Å². The summed E-state index contributed by atoms with van der Waals surface area (Å²) >= 11 is 0. The summed E-state index contributed by atoms with van der Waals surface area (Å²) in [5.74, 6) is -0.802. The summed E-state index contributed by atoms with van der Waals surface area (Å²) in [5, 5.41) is 12.0. The van der Waals surface area contributed by atoms with Crippen LogP contribution < -0.4 is 5.32 Å². The van der Waals surface area contributed by atoms with Crippen LogP contribution in [0, 0.1) is 0 Å². The van der Waals surface area contributed by atoms with E-state index in [0.717, 1.165) is 11.1 Å². The highest BCUT2D eigenvalue weighted by Crippen LogP contribution is 2.09. The van der Waals surface area contributed by atoms with E-state index in [1.807, 2.05) is 37.3 Å². The zero-order chi connectivity index (χ0) is 12.0. The maximum Gasteiger partial charge on any atom is 0.307 e. The molecule has 0 aliphatic carbocycles. The van der Waals surface area contributed by atoms with E-state index in [1.165, 1.54) is 0 Å². The van der Waals surface area contributed by atoms with E-state index in [9.17, 15) is 4.79 Å². The quantitative estimate of drug-likeness (QED) is 0.719. The van der Waals surface area contributed by atoms with E-state index in [1.54, 1.807) is 0 Å². The van der Waals surface area contributed by atoms with Crippen molar-refractivity contribution >= 4 is 5.97 Å². The predicted molar refractivity (Wildman–Crippen MR) is 64.3 cm³/mol. The van der Waals surface area contributed by atoms with Gasteiger partial charge in [0, 0.05) is 12.6 Å². The molecule has 1 atom stereocenters. The number of rotatable bonds is 6. The first-order chi connectivity index (χ1) is 7.63. The lowest BCUT2D eigenvalue weighted by Crippen LogP contribution is -2.23. The molecule has 0 aliphatic heterocycles. The molecule has 0 saturated heterocycles. The zero-order valence-electron chi connectivity index (χ0n) is 9.44. The lowest BCUT2D eigenvalue weighted by Gasteiger charge is -2.11. The van der Waals surface area contributed by atoms with E-state index >= 15 is 0 Å². The highest BCUT2D eigenvalue weighted by atomic mass is 16.4. The molecule has 1 aromatic rings. The number of carboxylic acid groups (broad SMARTS) is 1.